The van der Waals surface area contributed by atoms with Crippen molar-refractivity contribution in [3.63, 3.8) is 0 Å². The molecule has 1 atom stereocenters. The van der Waals surface area contributed by atoms with Crippen molar-refractivity contribution in [3.05, 3.63) is 29.8 Å². The fraction of sp³-hybridized carbons (Fsp3) is 0.600. The first-order valence-electron chi connectivity index (χ1n) is 7.33. The van der Waals surface area contributed by atoms with Crippen molar-refractivity contribution < 1.29 is 13.2 Å². The molecule has 118 valence electrons. The van der Waals surface area contributed by atoms with Crippen molar-refractivity contribution in [2.45, 2.75) is 44.3 Å². The topological polar surface area (TPSA) is 58.6 Å². The van der Waals surface area contributed by atoms with Crippen molar-refractivity contribution in [2.75, 3.05) is 19.8 Å². The highest BCUT2D eigenvalue weighted by Gasteiger charge is 2.31. The normalized spacial score (nSPS) is 20.9. The lowest BCUT2D eigenvalue weighted by Crippen LogP contribution is -2.46. The fourth-order valence-electron chi connectivity index (χ4n) is 2.34. The van der Waals surface area contributed by atoms with E-state index in [9.17, 15) is 8.42 Å². The molecule has 0 amide bonds. The largest absolute Gasteiger partial charge is 0.378 e. The lowest BCUT2D eigenvalue weighted by Gasteiger charge is -2.32. The lowest BCUT2D eigenvalue weighted by atomic mass is 10.2. The number of ether oxygens (including phenoxy) is 1. The first-order valence-corrected chi connectivity index (χ1v) is 8.77. The smallest absolute Gasteiger partial charge is 0.243 e. The van der Waals surface area contributed by atoms with Crippen LogP contribution in [0.15, 0.2) is 29.2 Å². The lowest BCUT2D eigenvalue weighted by molar-refractivity contribution is 0.0393. The van der Waals surface area contributed by atoms with E-state index in [0.29, 0.717) is 37.2 Å². The number of nitrogens with zero attached hydrogens (tertiary/aromatic N) is 1. The van der Waals surface area contributed by atoms with Gasteiger partial charge in [0.05, 0.1) is 18.1 Å². The van der Waals surface area contributed by atoms with Crippen LogP contribution in [0.4, 0.5) is 0 Å². The molecule has 1 N–H and O–H groups in total. The highest BCUT2D eigenvalue weighted by molar-refractivity contribution is 7.89. The number of rotatable bonds is 5. The molecule has 1 unspecified atom stereocenters. The third-order valence-electron chi connectivity index (χ3n) is 3.53. The number of hydrogen-bond acceptors (Lipinski definition) is 4. The summed E-state index contributed by atoms with van der Waals surface area (Å²) >= 11 is 0. The Kier molecular flexibility index (Phi) is 5.37. The zero-order valence-electron chi connectivity index (χ0n) is 12.9. The second kappa shape index (κ2) is 6.87. The molecule has 5 nitrogen and oxygen atoms in total. The zero-order valence-corrected chi connectivity index (χ0v) is 13.7. The summed E-state index contributed by atoms with van der Waals surface area (Å²) in [6.07, 6.45) is 0. The summed E-state index contributed by atoms with van der Waals surface area (Å²) in [7, 11) is -3.45. The molecule has 1 heterocycles. The number of nitrogens with one attached hydrogen (secondary N) is 1. The maximum absolute atomic E-state index is 12.7. The van der Waals surface area contributed by atoms with Gasteiger partial charge in [-0.05, 0) is 24.6 Å². The van der Waals surface area contributed by atoms with Gasteiger partial charge in [-0.25, -0.2) is 8.42 Å². The van der Waals surface area contributed by atoms with Crippen molar-refractivity contribution in [2.24, 2.45) is 0 Å². The summed E-state index contributed by atoms with van der Waals surface area (Å²) in [6.45, 7) is 8.00. The van der Waals surface area contributed by atoms with Gasteiger partial charge in [0.1, 0.15) is 0 Å². The predicted octanol–water partition coefficient (Wildman–Crippen LogP) is 1.59. The van der Waals surface area contributed by atoms with Gasteiger partial charge in [0, 0.05) is 25.2 Å². The minimum atomic E-state index is -3.45. The van der Waals surface area contributed by atoms with Gasteiger partial charge < -0.3 is 10.1 Å². The van der Waals surface area contributed by atoms with E-state index in [1.165, 1.54) is 4.31 Å². The van der Waals surface area contributed by atoms with Gasteiger partial charge in [-0.3, -0.25) is 0 Å². The van der Waals surface area contributed by atoms with E-state index in [-0.39, 0.29) is 6.04 Å². The Morgan fingerprint density at radius 1 is 1.43 bits per heavy atom. The number of benzene rings is 1. The summed E-state index contributed by atoms with van der Waals surface area (Å²) in [6, 6.07) is 7.40. The molecule has 0 saturated carbocycles. The SMILES string of the molecule is CC(C)NCc1cccc(S(=O)(=O)N2CCOCC2C)c1. The number of morpholine rings is 1. The molecule has 6 heteroatoms. The predicted molar refractivity (Wildman–Crippen MR) is 82.6 cm³/mol. The molecule has 0 spiro atoms. The molecule has 1 aromatic carbocycles. The van der Waals surface area contributed by atoms with E-state index in [1.807, 2.05) is 13.0 Å². The second-order valence-corrected chi connectivity index (χ2v) is 7.61. The monoisotopic (exact) mass is 312 g/mol. The van der Waals surface area contributed by atoms with Gasteiger partial charge >= 0.3 is 0 Å². The van der Waals surface area contributed by atoms with Crippen LogP contribution < -0.4 is 5.32 Å². The second-order valence-electron chi connectivity index (χ2n) is 5.72. The maximum Gasteiger partial charge on any atom is 0.243 e. The molecule has 1 aliphatic heterocycles. The summed E-state index contributed by atoms with van der Waals surface area (Å²) in [4.78, 5) is 0.360. The molecule has 1 saturated heterocycles. The number of sulfonamides is 1. The van der Waals surface area contributed by atoms with Crippen LogP contribution in [0.5, 0.6) is 0 Å². The molecule has 0 radical (unpaired) electrons. The van der Waals surface area contributed by atoms with E-state index in [0.717, 1.165) is 5.56 Å². The molecule has 1 aliphatic rings. The molecule has 0 aliphatic carbocycles. The molecular formula is C15H24N2O3S. The molecular weight excluding hydrogens is 288 g/mol. The minimum absolute atomic E-state index is 0.124. The van der Waals surface area contributed by atoms with Crippen LogP contribution in [-0.2, 0) is 21.3 Å². The summed E-state index contributed by atoms with van der Waals surface area (Å²) < 4.78 is 32.3. The van der Waals surface area contributed by atoms with Gasteiger partial charge in [0.25, 0.3) is 0 Å². The van der Waals surface area contributed by atoms with E-state index < -0.39 is 10.0 Å². The Labute approximate surface area is 127 Å². The van der Waals surface area contributed by atoms with Crippen LogP contribution in [-0.4, -0.2) is 44.6 Å². The van der Waals surface area contributed by atoms with Crippen LogP contribution in [0.1, 0.15) is 26.3 Å². The minimum Gasteiger partial charge on any atom is -0.378 e. The molecule has 0 bridgehead atoms. The van der Waals surface area contributed by atoms with Gasteiger partial charge in [-0.2, -0.15) is 4.31 Å². The first-order chi connectivity index (χ1) is 9.91. The Morgan fingerprint density at radius 3 is 2.86 bits per heavy atom. The van der Waals surface area contributed by atoms with Crippen molar-refractivity contribution >= 4 is 10.0 Å². The summed E-state index contributed by atoms with van der Waals surface area (Å²) in [5, 5.41) is 3.30. The summed E-state index contributed by atoms with van der Waals surface area (Å²) in [5.41, 5.74) is 0.977. The highest BCUT2D eigenvalue weighted by atomic mass is 32.2. The Bertz CT molecular complexity index is 572. The first kappa shape index (κ1) is 16.4. The van der Waals surface area contributed by atoms with Crippen LogP contribution in [0.3, 0.4) is 0 Å². The quantitative estimate of drug-likeness (QED) is 0.897. The zero-order chi connectivity index (χ0) is 15.5. The van der Waals surface area contributed by atoms with Crippen LogP contribution in [0, 0.1) is 0 Å². The molecule has 2 rings (SSSR count). The van der Waals surface area contributed by atoms with E-state index in [2.05, 4.69) is 19.2 Å². The third kappa shape index (κ3) is 4.03. The van der Waals surface area contributed by atoms with E-state index >= 15 is 0 Å². The summed E-state index contributed by atoms with van der Waals surface area (Å²) in [5.74, 6) is 0. The van der Waals surface area contributed by atoms with Crippen molar-refractivity contribution in [1.29, 1.82) is 0 Å². The Balaban J connectivity index is 2.21. The standard InChI is InChI=1S/C15H24N2O3S/c1-12(2)16-10-14-5-4-6-15(9-14)21(18,19)17-7-8-20-11-13(17)3/h4-6,9,12-13,16H,7-8,10-11H2,1-3H3. The van der Waals surface area contributed by atoms with Crippen LogP contribution in [0.2, 0.25) is 0 Å². The fourth-order valence-corrected chi connectivity index (χ4v) is 4.01. The van der Waals surface area contributed by atoms with Gasteiger partial charge in [0.15, 0.2) is 0 Å². The van der Waals surface area contributed by atoms with Crippen LogP contribution >= 0.6 is 0 Å². The molecule has 1 aromatic rings. The van der Waals surface area contributed by atoms with Gasteiger partial charge in [0.2, 0.25) is 10.0 Å². The Morgan fingerprint density at radius 2 is 2.19 bits per heavy atom. The third-order valence-corrected chi connectivity index (χ3v) is 5.54. The molecule has 21 heavy (non-hydrogen) atoms. The average molecular weight is 312 g/mol. The number of hydrogen-bond donors (Lipinski definition) is 1. The highest BCUT2D eigenvalue weighted by Crippen LogP contribution is 2.21. The van der Waals surface area contributed by atoms with Gasteiger partial charge in [-0.1, -0.05) is 26.0 Å². The maximum atomic E-state index is 12.7. The van der Waals surface area contributed by atoms with Crippen molar-refractivity contribution in [3.8, 4) is 0 Å². The average Bonchev–Trinajstić information content (AvgIpc) is 2.45. The van der Waals surface area contributed by atoms with Crippen molar-refractivity contribution in [1.82, 2.24) is 9.62 Å². The van der Waals surface area contributed by atoms with E-state index in [1.54, 1.807) is 18.2 Å². The molecule has 0 aromatic heterocycles. The Hall–Kier alpha value is -0.950. The van der Waals surface area contributed by atoms with Crippen LogP contribution in [0.25, 0.3) is 0 Å². The van der Waals surface area contributed by atoms with Gasteiger partial charge in [-0.15, -0.1) is 0 Å². The van der Waals surface area contributed by atoms with E-state index in [4.69, 9.17) is 4.74 Å². The molecule has 1 fully saturated rings.